The van der Waals surface area contributed by atoms with Gasteiger partial charge in [-0.05, 0) is 102 Å². The zero-order valence-corrected chi connectivity index (χ0v) is 32.4. The average Bonchev–Trinajstić information content (AvgIpc) is 3.31. The number of aliphatic hydroxyl groups is 2. The first kappa shape index (κ1) is 39.6. The minimum absolute atomic E-state index is 0.000920. The van der Waals surface area contributed by atoms with Crippen molar-refractivity contribution in [2.24, 2.45) is 10.8 Å². The van der Waals surface area contributed by atoms with E-state index in [4.69, 9.17) is 11.5 Å². The third-order valence-corrected chi connectivity index (χ3v) is 14.2. The van der Waals surface area contributed by atoms with Crippen molar-refractivity contribution in [2.75, 3.05) is 17.2 Å². The normalized spacial score (nSPS) is 26.5. The highest BCUT2D eigenvalue weighted by Gasteiger charge is 2.49. The van der Waals surface area contributed by atoms with Crippen molar-refractivity contribution in [1.82, 2.24) is 0 Å². The number of hydrogen-bond donors (Lipinski definition) is 4. The minimum Gasteiger partial charge on any atom is -0.399 e. The highest BCUT2D eigenvalue weighted by Crippen LogP contribution is 2.50. The Morgan fingerprint density at radius 2 is 1.13 bits per heavy atom. The summed E-state index contributed by atoms with van der Waals surface area (Å²) in [6, 6.07) is 31.4. The van der Waals surface area contributed by atoms with Crippen LogP contribution in [0.1, 0.15) is 125 Å². The standard InChI is InChI=1S/C23H31NO.C22H29NO3S/c1-3-5-14-23(4-2)15-13-17-11-12-19(24)16-20(17)21(22(23)25)18-9-7-6-8-10-18;1-3-5-13-22(4-2)15-27(25,26)19-12-11-17(23)14-18(19)20(21(22)24)16-9-7-6-8-10-16/h6-12,16,21-22,25H,3-5,13-15,24H2,1-2H3;6-12,14,20-21,24H,3-5,13,15,23H2,1-2H3/t21-,22-,23-;20-,21-,22+/m10/s1. The number of benzene rings is 4. The molecule has 0 radical (unpaired) electrons. The predicted molar refractivity (Wildman–Crippen MR) is 215 cm³/mol. The van der Waals surface area contributed by atoms with Crippen LogP contribution in [0, 0.1) is 10.8 Å². The van der Waals surface area contributed by atoms with Crippen molar-refractivity contribution >= 4 is 21.2 Å². The smallest absolute Gasteiger partial charge is 0.179 e. The lowest BCUT2D eigenvalue weighted by atomic mass is 9.67. The Kier molecular flexibility index (Phi) is 12.9. The molecule has 1 heterocycles. The Morgan fingerprint density at radius 1 is 0.654 bits per heavy atom. The molecule has 6 N–H and O–H groups in total. The van der Waals surface area contributed by atoms with Crippen molar-refractivity contribution in [3.05, 3.63) is 125 Å². The van der Waals surface area contributed by atoms with Crippen molar-refractivity contribution in [1.29, 1.82) is 0 Å². The van der Waals surface area contributed by atoms with Crippen LogP contribution in [0.5, 0.6) is 0 Å². The van der Waals surface area contributed by atoms with Gasteiger partial charge in [-0.3, -0.25) is 0 Å². The van der Waals surface area contributed by atoms with E-state index in [9.17, 15) is 18.6 Å². The van der Waals surface area contributed by atoms with Crippen LogP contribution in [-0.4, -0.2) is 36.6 Å². The number of nitrogens with two attached hydrogens (primary N) is 2. The molecule has 0 spiro atoms. The molecule has 0 unspecified atom stereocenters. The molecular weight excluding hydrogens is 665 g/mol. The molecule has 280 valence electrons. The second kappa shape index (κ2) is 17.0. The Labute approximate surface area is 312 Å². The Bertz CT molecular complexity index is 1870. The topological polar surface area (TPSA) is 127 Å². The molecule has 0 aromatic heterocycles. The quantitative estimate of drug-likeness (QED) is 0.0954. The highest BCUT2D eigenvalue weighted by molar-refractivity contribution is 7.91. The van der Waals surface area contributed by atoms with Crippen molar-refractivity contribution < 1.29 is 18.6 Å². The summed E-state index contributed by atoms with van der Waals surface area (Å²) in [5.74, 6) is -0.449. The largest absolute Gasteiger partial charge is 0.399 e. The summed E-state index contributed by atoms with van der Waals surface area (Å²) in [5.41, 5.74) is 18.0. The second-order valence-electron chi connectivity index (χ2n) is 15.3. The lowest BCUT2D eigenvalue weighted by Crippen LogP contribution is -2.42. The fraction of sp³-hybridized carbons (Fsp3) is 0.467. The lowest BCUT2D eigenvalue weighted by molar-refractivity contribution is -0.00155. The van der Waals surface area contributed by atoms with Crippen LogP contribution in [-0.2, 0) is 16.3 Å². The highest BCUT2D eigenvalue weighted by atomic mass is 32.2. The van der Waals surface area contributed by atoms with Crippen LogP contribution in [0.3, 0.4) is 0 Å². The van der Waals surface area contributed by atoms with Gasteiger partial charge >= 0.3 is 0 Å². The van der Waals surface area contributed by atoms with Gasteiger partial charge in [0, 0.05) is 28.6 Å². The number of hydrogen-bond acceptors (Lipinski definition) is 6. The first-order valence-electron chi connectivity index (χ1n) is 19.4. The van der Waals surface area contributed by atoms with Gasteiger partial charge in [-0.15, -0.1) is 0 Å². The van der Waals surface area contributed by atoms with E-state index in [1.807, 2.05) is 49.4 Å². The number of aliphatic hydroxyl groups excluding tert-OH is 2. The van der Waals surface area contributed by atoms with Gasteiger partial charge in [0.15, 0.2) is 9.84 Å². The number of rotatable bonds is 10. The van der Waals surface area contributed by atoms with Gasteiger partial charge in [0.1, 0.15) is 0 Å². The van der Waals surface area contributed by atoms with Crippen LogP contribution in [0.4, 0.5) is 11.4 Å². The predicted octanol–water partition coefficient (Wildman–Crippen LogP) is 9.43. The fourth-order valence-corrected chi connectivity index (χ4v) is 11.2. The number of aryl methyl sites for hydroxylation is 1. The molecule has 6 nitrogen and oxygen atoms in total. The summed E-state index contributed by atoms with van der Waals surface area (Å²) < 4.78 is 26.6. The minimum atomic E-state index is -3.53. The molecule has 0 amide bonds. The molecule has 6 rings (SSSR count). The van der Waals surface area contributed by atoms with Gasteiger partial charge in [-0.1, -0.05) is 120 Å². The number of sulfone groups is 1. The first-order chi connectivity index (χ1) is 25.0. The van der Waals surface area contributed by atoms with E-state index in [1.54, 1.807) is 18.2 Å². The van der Waals surface area contributed by atoms with E-state index < -0.39 is 27.3 Å². The molecule has 7 heteroatoms. The Balaban J connectivity index is 0.000000202. The van der Waals surface area contributed by atoms with Gasteiger partial charge in [0.25, 0.3) is 0 Å². The third kappa shape index (κ3) is 8.12. The van der Waals surface area contributed by atoms with Crippen LogP contribution in [0.15, 0.2) is 102 Å². The van der Waals surface area contributed by atoms with E-state index in [0.29, 0.717) is 29.0 Å². The zero-order valence-electron chi connectivity index (χ0n) is 31.6. The van der Waals surface area contributed by atoms with Crippen molar-refractivity contribution in [3.63, 3.8) is 0 Å². The lowest BCUT2D eigenvalue weighted by Gasteiger charge is -2.40. The van der Waals surface area contributed by atoms with Gasteiger partial charge in [0.05, 0.1) is 22.9 Å². The molecule has 1 aliphatic carbocycles. The molecule has 6 atom stereocenters. The molecule has 0 saturated heterocycles. The molecule has 0 bridgehead atoms. The number of nitrogen functional groups attached to an aromatic ring is 2. The Hall–Kier alpha value is -3.65. The van der Waals surface area contributed by atoms with Crippen molar-refractivity contribution in [2.45, 2.75) is 121 Å². The molecule has 52 heavy (non-hydrogen) atoms. The second-order valence-corrected chi connectivity index (χ2v) is 17.3. The van der Waals surface area contributed by atoms with E-state index in [1.165, 1.54) is 29.5 Å². The number of unbranched alkanes of at least 4 members (excludes halogenated alkanes) is 2. The molecule has 0 saturated carbocycles. The summed E-state index contributed by atoms with van der Waals surface area (Å²) in [7, 11) is -3.53. The maximum absolute atomic E-state index is 13.3. The monoisotopic (exact) mass is 724 g/mol. The third-order valence-electron chi connectivity index (χ3n) is 12.2. The number of fused-ring (bicyclic) bond motifs is 2. The average molecular weight is 725 g/mol. The van der Waals surface area contributed by atoms with Crippen LogP contribution in [0.2, 0.25) is 0 Å². The molecule has 4 aromatic rings. The van der Waals surface area contributed by atoms with Gasteiger partial charge in [-0.2, -0.15) is 0 Å². The van der Waals surface area contributed by atoms with E-state index in [2.05, 4.69) is 57.2 Å². The summed E-state index contributed by atoms with van der Waals surface area (Å²) in [5, 5.41) is 23.2. The van der Waals surface area contributed by atoms with E-state index in [0.717, 1.165) is 49.8 Å². The SMILES string of the molecule is CCCC[C@]1(CC)CCc2ccc(N)cc2[C@@H](c2ccccc2)[C@H]1O.CCCC[C@]1(CC)CS(=O)(=O)c2ccc(N)cc2[C@H](c2ccccc2)[C@@H]1O. The van der Waals surface area contributed by atoms with E-state index in [-0.39, 0.29) is 23.2 Å². The van der Waals surface area contributed by atoms with Gasteiger partial charge in [0.2, 0.25) is 0 Å². The summed E-state index contributed by atoms with van der Waals surface area (Å²) in [6.07, 6.45) is 8.49. The molecule has 0 fully saturated rings. The van der Waals surface area contributed by atoms with Crippen LogP contribution >= 0.6 is 0 Å². The summed E-state index contributed by atoms with van der Waals surface area (Å²) in [6.45, 7) is 8.55. The van der Waals surface area contributed by atoms with Gasteiger partial charge < -0.3 is 21.7 Å². The van der Waals surface area contributed by atoms with Gasteiger partial charge in [-0.25, -0.2) is 8.42 Å². The zero-order chi connectivity index (χ0) is 37.5. The van der Waals surface area contributed by atoms with E-state index >= 15 is 0 Å². The summed E-state index contributed by atoms with van der Waals surface area (Å²) in [4.78, 5) is 0.302. The maximum Gasteiger partial charge on any atom is 0.179 e. The first-order valence-corrected chi connectivity index (χ1v) is 21.1. The maximum atomic E-state index is 13.3. The fourth-order valence-electron chi connectivity index (χ4n) is 8.99. The Morgan fingerprint density at radius 3 is 1.67 bits per heavy atom. The van der Waals surface area contributed by atoms with Crippen LogP contribution in [0.25, 0.3) is 0 Å². The van der Waals surface area contributed by atoms with Crippen molar-refractivity contribution in [3.8, 4) is 0 Å². The molecule has 2 aliphatic rings. The number of anilines is 2. The van der Waals surface area contributed by atoms with Crippen LogP contribution < -0.4 is 11.5 Å². The molecule has 1 aliphatic heterocycles. The summed E-state index contributed by atoms with van der Waals surface area (Å²) >= 11 is 0. The molecule has 4 aromatic carbocycles. The molecular formula is C45H60N2O4S.